The maximum Gasteiger partial charge on any atom is 0.340 e. The molecule has 9 heteroatoms. The summed E-state index contributed by atoms with van der Waals surface area (Å²) in [5, 5.41) is 12.7. The van der Waals surface area contributed by atoms with Crippen LogP contribution in [0.1, 0.15) is 40.5 Å². The van der Waals surface area contributed by atoms with Gasteiger partial charge in [0.25, 0.3) is 0 Å². The Bertz CT molecular complexity index is 1030. The van der Waals surface area contributed by atoms with Crippen LogP contribution in [0.4, 0.5) is 5.00 Å². The third-order valence-corrected chi connectivity index (χ3v) is 6.87. The van der Waals surface area contributed by atoms with E-state index >= 15 is 0 Å². The zero-order valence-electron chi connectivity index (χ0n) is 17.9. The van der Waals surface area contributed by atoms with Crippen LogP contribution in [0, 0.1) is 0 Å². The van der Waals surface area contributed by atoms with Gasteiger partial charge in [-0.25, -0.2) is 4.79 Å². The first-order valence-corrected chi connectivity index (χ1v) is 12.0. The first kappa shape index (κ1) is 23.0. The molecule has 0 atom stereocenters. The number of benzene rings is 1. The third-order valence-electron chi connectivity index (χ3n) is 4.71. The number of carbonyl (C=O) groups excluding carboxylic acids is 2. The van der Waals surface area contributed by atoms with Crippen LogP contribution in [0.5, 0.6) is 0 Å². The molecule has 3 aromatic rings. The Hall–Kier alpha value is -2.65. The van der Waals surface area contributed by atoms with E-state index in [1.807, 2.05) is 36.6 Å². The Balaban J connectivity index is 1.61. The van der Waals surface area contributed by atoms with Gasteiger partial charge < -0.3 is 14.6 Å². The standard InChI is InChI=1S/C22H26N4O3S2/c1-4-16-13-17(21(28)29-3)20(31-16)23-19(27)14-30-22-25-24-18(26(22)5-2)12-11-15-9-7-6-8-10-15/h6-10,13H,4-5,11-12,14H2,1-3H3,(H,23,27). The van der Waals surface area contributed by atoms with E-state index in [-0.39, 0.29) is 11.7 Å². The number of aromatic nitrogens is 3. The second-order valence-corrected chi connectivity index (χ2v) is 8.85. The fourth-order valence-electron chi connectivity index (χ4n) is 3.09. The van der Waals surface area contributed by atoms with Gasteiger partial charge in [0.15, 0.2) is 5.16 Å². The van der Waals surface area contributed by atoms with Gasteiger partial charge in [-0.15, -0.1) is 21.5 Å². The second-order valence-electron chi connectivity index (χ2n) is 6.77. The molecule has 1 N–H and O–H groups in total. The number of esters is 1. The van der Waals surface area contributed by atoms with E-state index < -0.39 is 5.97 Å². The van der Waals surface area contributed by atoms with Crippen molar-refractivity contribution in [3.05, 3.63) is 58.2 Å². The highest BCUT2D eigenvalue weighted by Gasteiger charge is 2.19. The molecule has 0 aliphatic heterocycles. The molecule has 2 aromatic heterocycles. The van der Waals surface area contributed by atoms with E-state index in [4.69, 9.17) is 4.74 Å². The van der Waals surface area contributed by atoms with Crippen molar-refractivity contribution in [2.75, 3.05) is 18.2 Å². The number of thioether (sulfide) groups is 1. The summed E-state index contributed by atoms with van der Waals surface area (Å²) in [6, 6.07) is 12.0. The van der Waals surface area contributed by atoms with E-state index in [0.29, 0.717) is 15.7 Å². The quantitative estimate of drug-likeness (QED) is 0.362. The highest BCUT2D eigenvalue weighted by molar-refractivity contribution is 7.99. The monoisotopic (exact) mass is 458 g/mol. The maximum atomic E-state index is 12.5. The number of aryl methyl sites for hydroxylation is 3. The Morgan fingerprint density at radius 3 is 2.61 bits per heavy atom. The van der Waals surface area contributed by atoms with Gasteiger partial charge in [0.05, 0.1) is 18.4 Å². The van der Waals surface area contributed by atoms with Crippen LogP contribution in [-0.4, -0.2) is 39.5 Å². The molecular formula is C22H26N4O3S2. The van der Waals surface area contributed by atoms with E-state index in [2.05, 4.69) is 27.6 Å². The number of methoxy groups -OCH3 is 1. The van der Waals surface area contributed by atoms with Crippen LogP contribution in [0.2, 0.25) is 0 Å². The number of nitrogens with one attached hydrogen (secondary N) is 1. The Labute approximate surface area is 190 Å². The minimum absolute atomic E-state index is 0.177. The van der Waals surface area contributed by atoms with Crippen molar-refractivity contribution in [3.8, 4) is 0 Å². The topological polar surface area (TPSA) is 86.1 Å². The molecule has 0 bridgehead atoms. The summed E-state index contributed by atoms with van der Waals surface area (Å²) < 4.78 is 6.87. The zero-order chi connectivity index (χ0) is 22.2. The predicted octanol–water partition coefficient (Wildman–Crippen LogP) is 4.22. The largest absolute Gasteiger partial charge is 0.465 e. The fourth-order valence-corrected chi connectivity index (χ4v) is 4.91. The smallest absolute Gasteiger partial charge is 0.340 e. The predicted molar refractivity (Wildman–Crippen MR) is 124 cm³/mol. The van der Waals surface area contributed by atoms with Gasteiger partial charge >= 0.3 is 5.97 Å². The highest BCUT2D eigenvalue weighted by Crippen LogP contribution is 2.29. The van der Waals surface area contributed by atoms with E-state index in [9.17, 15) is 9.59 Å². The van der Waals surface area contributed by atoms with Gasteiger partial charge in [-0.2, -0.15) is 0 Å². The SMILES string of the molecule is CCc1cc(C(=O)OC)c(NC(=O)CSc2nnc(CCc3ccccc3)n2CC)s1. The number of rotatable bonds is 10. The first-order valence-electron chi connectivity index (χ1n) is 10.1. The lowest BCUT2D eigenvalue weighted by atomic mass is 10.1. The molecule has 164 valence electrons. The molecule has 0 fully saturated rings. The van der Waals surface area contributed by atoms with Gasteiger partial charge in [0.1, 0.15) is 10.8 Å². The molecule has 2 heterocycles. The van der Waals surface area contributed by atoms with Crippen molar-refractivity contribution in [1.82, 2.24) is 14.8 Å². The van der Waals surface area contributed by atoms with Crippen molar-refractivity contribution in [2.45, 2.75) is 44.8 Å². The van der Waals surface area contributed by atoms with Gasteiger partial charge in [0, 0.05) is 17.8 Å². The summed E-state index contributed by atoms with van der Waals surface area (Å²) >= 11 is 2.73. The number of hydrogen-bond donors (Lipinski definition) is 1. The molecule has 0 spiro atoms. The molecule has 1 aromatic carbocycles. The Morgan fingerprint density at radius 2 is 1.94 bits per heavy atom. The van der Waals surface area contributed by atoms with Gasteiger partial charge in [-0.05, 0) is 31.4 Å². The number of carbonyl (C=O) groups is 2. The first-order chi connectivity index (χ1) is 15.0. The molecule has 0 radical (unpaired) electrons. The van der Waals surface area contributed by atoms with Gasteiger partial charge in [0.2, 0.25) is 5.91 Å². The summed E-state index contributed by atoms with van der Waals surface area (Å²) in [5.74, 6) is 0.438. The summed E-state index contributed by atoms with van der Waals surface area (Å²) in [7, 11) is 1.33. The number of amides is 1. The van der Waals surface area contributed by atoms with Crippen LogP contribution < -0.4 is 5.32 Å². The second kappa shape index (κ2) is 11.1. The number of hydrogen-bond acceptors (Lipinski definition) is 7. The molecule has 7 nitrogen and oxygen atoms in total. The average Bonchev–Trinajstić information content (AvgIpc) is 3.39. The van der Waals surface area contributed by atoms with Crippen LogP contribution in [0.3, 0.4) is 0 Å². The third kappa shape index (κ3) is 5.95. The molecule has 0 aliphatic rings. The summed E-state index contributed by atoms with van der Waals surface area (Å²) in [5.41, 5.74) is 1.65. The lowest BCUT2D eigenvalue weighted by Gasteiger charge is -2.08. The van der Waals surface area contributed by atoms with Crippen molar-refractivity contribution >= 4 is 40.0 Å². The van der Waals surface area contributed by atoms with Crippen molar-refractivity contribution in [1.29, 1.82) is 0 Å². The minimum Gasteiger partial charge on any atom is -0.465 e. The van der Waals surface area contributed by atoms with Crippen LogP contribution in [0.15, 0.2) is 41.6 Å². The van der Waals surface area contributed by atoms with Crippen molar-refractivity contribution < 1.29 is 14.3 Å². The number of anilines is 1. The molecule has 0 saturated heterocycles. The Morgan fingerprint density at radius 1 is 1.16 bits per heavy atom. The summed E-state index contributed by atoms with van der Waals surface area (Å²) in [6.45, 7) is 4.78. The Kier molecular flexibility index (Phi) is 8.25. The molecule has 0 saturated carbocycles. The molecule has 0 aliphatic carbocycles. The number of nitrogens with zero attached hydrogens (tertiary/aromatic N) is 3. The minimum atomic E-state index is -0.451. The molecule has 1 amide bonds. The van der Waals surface area contributed by atoms with Gasteiger partial charge in [-0.3, -0.25) is 4.79 Å². The molecule has 0 unspecified atom stereocenters. The van der Waals surface area contributed by atoms with E-state index in [1.54, 1.807) is 6.07 Å². The molecule has 3 rings (SSSR count). The fraction of sp³-hybridized carbons (Fsp3) is 0.364. The van der Waals surface area contributed by atoms with Crippen LogP contribution in [0.25, 0.3) is 0 Å². The molecular weight excluding hydrogens is 432 g/mol. The van der Waals surface area contributed by atoms with E-state index in [0.717, 1.165) is 36.5 Å². The summed E-state index contributed by atoms with van der Waals surface area (Å²) in [4.78, 5) is 25.5. The van der Waals surface area contributed by atoms with Crippen LogP contribution in [-0.2, 0) is 35.3 Å². The zero-order valence-corrected chi connectivity index (χ0v) is 19.5. The van der Waals surface area contributed by atoms with E-state index in [1.165, 1.54) is 35.8 Å². The number of ether oxygens (including phenoxy) is 1. The van der Waals surface area contributed by atoms with Gasteiger partial charge in [-0.1, -0.05) is 49.0 Å². The maximum absolute atomic E-state index is 12.5. The lowest BCUT2D eigenvalue weighted by Crippen LogP contribution is -2.16. The van der Waals surface area contributed by atoms with Crippen molar-refractivity contribution in [3.63, 3.8) is 0 Å². The number of thiophene rings is 1. The molecule has 31 heavy (non-hydrogen) atoms. The normalized spacial score (nSPS) is 10.8. The lowest BCUT2D eigenvalue weighted by molar-refractivity contribution is -0.113. The highest BCUT2D eigenvalue weighted by atomic mass is 32.2. The summed E-state index contributed by atoms with van der Waals surface area (Å²) in [6.07, 6.45) is 2.46. The van der Waals surface area contributed by atoms with Crippen molar-refractivity contribution in [2.24, 2.45) is 0 Å². The van der Waals surface area contributed by atoms with Crippen LogP contribution >= 0.6 is 23.1 Å². The average molecular weight is 459 g/mol.